The van der Waals surface area contributed by atoms with Crippen LogP contribution in [0.15, 0.2) is 83.4 Å². The number of carbonyl (C=O) groups excluding carboxylic acids is 3. The standard InChI is InChI=1S/C35H36Cl4N4O5/c1-20(2)27(40-32(44)30(21-11-7-6-8-12-21)41-34(46)47-35(3,4)5)19-43(33(45)31(38)39)23-14-9-13-22(17-23)28-18-26(42-48-28)29-24(36)15-10-16-25(29)37/h6-18,20,27,30-31H,19H2,1-5H3,(H,40,44)(H,41,46). The first kappa shape index (κ1) is 37.1. The van der Waals surface area contributed by atoms with Gasteiger partial charge < -0.3 is 24.8 Å². The zero-order valence-electron chi connectivity index (χ0n) is 27.0. The van der Waals surface area contributed by atoms with Crippen molar-refractivity contribution in [3.63, 3.8) is 0 Å². The normalized spacial score (nSPS) is 12.8. The van der Waals surface area contributed by atoms with Gasteiger partial charge in [0, 0.05) is 35.5 Å². The van der Waals surface area contributed by atoms with Crippen LogP contribution < -0.4 is 15.5 Å². The van der Waals surface area contributed by atoms with Crippen molar-refractivity contribution in [3.05, 3.63) is 94.5 Å². The van der Waals surface area contributed by atoms with Gasteiger partial charge in [0.1, 0.15) is 17.3 Å². The SMILES string of the molecule is CC(C)C(CN(C(=O)C(Cl)Cl)c1cccc(-c2cc(-c3c(Cl)cccc3Cl)no2)c1)NC(=O)C(NC(=O)OC(C)(C)C)c1ccccc1. The van der Waals surface area contributed by atoms with Gasteiger partial charge >= 0.3 is 6.09 Å². The van der Waals surface area contributed by atoms with E-state index in [9.17, 15) is 14.4 Å². The molecule has 48 heavy (non-hydrogen) atoms. The summed E-state index contributed by atoms with van der Waals surface area (Å²) in [5.74, 6) is -0.849. The fraction of sp³-hybridized carbons (Fsp3) is 0.314. The van der Waals surface area contributed by atoms with E-state index in [-0.39, 0.29) is 12.5 Å². The van der Waals surface area contributed by atoms with Crippen molar-refractivity contribution >= 4 is 70.0 Å². The van der Waals surface area contributed by atoms with Crippen molar-refractivity contribution in [3.8, 4) is 22.6 Å². The van der Waals surface area contributed by atoms with Gasteiger partial charge in [-0.2, -0.15) is 0 Å². The lowest BCUT2D eigenvalue weighted by Crippen LogP contribution is -2.52. The molecule has 0 aliphatic rings. The van der Waals surface area contributed by atoms with Gasteiger partial charge in [-0.15, -0.1) is 0 Å². The summed E-state index contributed by atoms with van der Waals surface area (Å²) >= 11 is 25.0. The van der Waals surface area contributed by atoms with E-state index in [1.807, 2.05) is 13.8 Å². The smallest absolute Gasteiger partial charge is 0.408 e. The highest BCUT2D eigenvalue weighted by Gasteiger charge is 2.31. The molecule has 2 atom stereocenters. The second-order valence-electron chi connectivity index (χ2n) is 12.3. The summed E-state index contributed by atoms with van der Waals surface area (Å²) < 4.78 is 11.1. The first-order chi connectivity index (χ1) is 22.6. The fourth-order valence-electron chi connectivity index (χ4n) is 4.80. The number of ether oxygens (including phenoxy) is 1. The molecule has 4 aromatic rings. The molecule has 2 unspecified atom stereocenters. The van der Waals surface area contributed by atoms with Gasteiger partial charge in [-0.25, -0.2) is 4.79 Å². The molecule has 3 aromatic carbocycles. The van der Waals surface area contributed by atoms with Crippen LogP contribution in [0.5, 0.6) is 0 Å². The third kappa shape index (κ3) is 9.66. The van der Waals surface area contributed by atoms with Crippen LogP contribution in [0.2, 0.25) is 10.0 Å². The Morgan fingerprint density at radius 2 is 1.54 bits per heavy atom. The molecule has 0 aliphatic heterocycles. The van der Waals surface area contributed by atoms with Crippen LogP contribution in [0.25, 0.3) is 22.6 Å². The molecule has 1 aromatic heterocycles. The minimum absolute atomic E-state index is 0.00642. The monoisotopic (exact) mass is 732 g/mol. The molecule has 0 fully saturated rings. The lowest BCUT2D eigenvalue weighted by molar-refractivity contribution is -0.124. The number of nitrogens with zero attached hydrogens (tertiary/aromatic N) is 2. The molecule has 0 saturated heterocycles. The largest absolute Gasteiger partial charge is 0.444 e. The summed E-state index contributed by atoms with van der Waals surface area (Å²) in [6.45, 7) is 9.00. The molecule has 0 spiro atoms. The second kappa shape index (κ2) is 16.1. The van der Waals surface area contributed by atoms with E-state index in [1.54, 1.807) is 99.6 Å². The maximum atomic E-state index is 13.8. The minimum atomic E-state index is -1.39. The number of alkyl halides is 2. The quantitative estimate of drug-likeness (QED) is 0.149. The molecule has 0 bridgehead atoms. The summed E-state index contributed by atoms with van der Waals surface area (Å²) in [6.07, 6.45) is -0.749. The number of amides is 3. The highest BCUT2D eigenvalue weighted by molar-refractivity contribution is 6.54. The number of hydrogen-bond acceptors (Lipinski definition) is 6. The minimum Gasteiger partial charge on any atom is -0.444 e. The number of anilines is 1. The third-order valence-electron chi connectivity index (χ3n) is 7.19. The van der Waals surface area contributed by atoms with Crippen molar-refractivity contribution in [1.82, 2.24) is 15.8 Å². The molecular weight excluding hydrogens is 698 g/mol. The van der Waals surface area contributed by atoms with Gasteiger partial charge in [-0.1, -0.05) is 114 Å². The van der Waals surface area contributed by atoms with E-state index in [2.05, 4.69) is 15.8 Å². The van der Waals surface area contributed by atoms with Crippen LogP contribution in [0.1, 0.15) is 46.2 Å². The van der Waals surface area contributed by atoms with Gasteiger partial charge in [0.25, 0.3) is 5.91 Å². The average Bonchev–Trinajstić information content (AvgIpc) is 3.50. The second-order valence-corrected chi connectivity index (χ2v) is 14.2. The number of nitrogens with one attached hydrogen (secondary N) is 2. The summed E-state index contributed by atoms with van der Waals surface area (Å²) in [5, 5.41) is 10.7. The molecule has 13 heteroatoms. The number of benzene rings is 3. The Kier molecular flexibility index (Phi) is 12.4. The molecule has 254 valence electrons. The first-order valence-corrected chi connectivity index (χ1v) is 16.7. The number of aromatic nitrogens is 1. The lowest BCUT2D eigenvalue weighted by atomic mass is 10.0. The highest BCUT2D eigenvalue weighted by atomic mass is 35.5. The molecule has 9 nitrogen and oxygen atoms in total. The maximum absolute atomic E-state index is 13.8. The van der Waals surface area contributed by atoms with Crippen molar-refractivity contribution in [2.24, 2.45) is 5.92 Å². The van der Waals surface area contributed by atoms with Gasteiger partial charge in [-0.05, 0) is 56.5 Å². The van der Waals surface area contributed by atoms with Gasteiger partial charge in [0.2, 0.25) is 5.91 Å². The molecule has 0 radical (unpaired) electrons. The summed E-state index contributed by atoms with van der Waals surface area (Å²) in [7, 11) is 0. The molecule has 0 saturated carbocycles. The van der Waals surface area contributed by atoms with Crippen LogP contribution in [0.3, 0.4) is 0 Å². The number of hydrogen-bond donors (Lipinski definition) is 2. The van der Waals surface area contributed by atoms with Gasteiger partial charge in [0.05, 0.1) is 10.0 Å². The zero-order valence-corrected chi connectivity index (χ0v) is 30.0. The molecule has 4 rings (SSSR count). The fourth-order valence-corrected chi connectivity index (χ4v) is 5.62. The Morgan fingerprint density at radius 1 is 0.896 bits per heavy atom. The molecular formula is C35H36Cl4N4O5. The molecule has 1 heterocycles. The Morgan fingerprint density at radius 3 is 2.15 bits per heavy atom. The summed E-state index contributed by atoms with van der Waals surface area (Å²) in [6, 6.07) is 20.9. The zero-order chi connectivity index (χ0) is 35.2. The molecule has 0 aliphatic carbocycles. The maximum Gasteiger partial charge on any atom is 0.408 e. The van der Waals surface area contributed by atoms with Crippen molar-refractivity contribution in [1.29, 1.82) is 0 Å². The predicted octanol–water partition coefficient (Wildman–Crippen LogP) is 8.86. The Balaban J connectivity index is 1.62. The van der Waals surface area contributed by atoms with Crippen LogP contribution in [-0.4, -0.2) is 46.1 Å². The van der Waals surface area contributed by atoms with Crippen LogP contribution >= 0.6 is 46.4 Å². The first-order valence-electron chi connectivity index (χ1n) is 15.1. The Hall–Kier alpha value is -3.76. The van der Waals surface area contributed by atoms with Crippen LogP contribution in [0.4, 0.5) is 10.5 Å². The molecule has 3 amide bonds. The van der Waals surface area contributed by atoms with E-state index in [4.69, 9.17) is 55.7 Å². The van der Waals surface area contributed by atoms with Crippen molar-refractivity contribution in [2.75, 3.05) is 11.4 Å². The van der Waals surface area contributed by atoms with Crippen LogP contribution in [0, 0.1) is 5.92 Å². The predicted molar refractivity (Wildman–Crippen MR) is 191 cm³/mol. The van der Waals surface area contributed by atoms with E-state index >= 15 is 0 Å². The Labute approximate surface area is 299 Å². The van der Waals surface area contributed by atoms with E-state index in [0.717, 1.165) is 0 Å². The summed E-state index contributed by atoms with van der Waals surface area (Å²) in [5.41, 5.74) is 1.80. The number of rotatable bonds is 11. The van der Waals surface area contributed by atoms with E-state index in [0.29, 0.717) is 43.9 Å². The van der Waals surface area contributed by atoms with Crippen molar-refractivity contribution in [2.45, 2.75) is 57.1 Å². The number of halogens is 4. The van der Waals surface area contributed by atoms with Crippen molar-refractivity contribution < 1.29 is 23.6 Å². The van der Waals surface area contributed by atoms with Crippen LogP contribution in [-0.2, 0) is 14.3 Å². The van der Waals surface area contributed by atoms with Gasteiger partial charge in [0.15, 0.2) is 10.6 Å². The molecule has 2 N–H and O–H groups in total. The lowest BCUT2D eigenvalue weighted by Gasteiger charge is -2.32. The van der Waals surface area contributed by atoms with Gasteiger partial charge in [-0.3, -0.25) is 9.59 Å². The Bertz CT molecular complexity index is 1720. The number of alkyl carbamates (subject to hydrolysis) is 1. The average molecular weight is 735 g/mol. The summed E-state index contributed by atoms with van der Waals surface area (Å²) in [4.78, 5) is 40.0. The van der Waals surface area contributed by atoms with E-state index < -0.39 is 40.4 Å². The third-order valence-corrected chi connectivity index (χ3v) is 8.20. The highest BCUT2D eigenvalue weighted by Crippen LogP contribution is 2.36. The topological polar surface area (TPSA) is 114 Å². The van der Waals surface area contributed by atoms with E-state index in [1.165, 1.54) is 4.90 Å². The number of carbonyl (C=O) groups is 3.